The van der Waals surface area contributed by atoms with Crippen molar-refractivity contribution >= 4 is 21.7 Å². The lowest BCUT2D eigenvalue weighted by Gasteiger charge is -2.38. The molecule has 0 saturated carbocycles. The summed E-state index contributed by atoms with van der Waals surface area (Å²) in [6.45, 7) is 0. The maximum absolute atomic E-state index is 9.75. The molecule has 1 N–H and O–H groups in total. The summed E-state index contributed by atoms with van der Waals surface area (Å²) in [5.41, 5.74) is 0. The van der Waals surface area contributed by atoms with Crippen molar-refractivity contribution < 1.29 is 5.11 Å². The van der Waals surface area contributed by atoms with E-state index >= 15 is 0 Å². The van der Waals surface area contributed by atoms with Crippen molar-refractivity contribution in [3.05, 3.63) is 17.0 Å². The minimum absolute atomic E-state index is 0.130. The number of anilines is 1. The number of aromatic nitrogens is 2. The Labute approximate surface area is 103 Å². The van der Waals surface area contributed by atoms with E-state index in [4.69, 9.17) is 0 Å². The summed E-state index contributed by atoms with van der Waals surface area (Å²) < 4.78 is 0.947. The smallest absolute Gasteiger partial charge is 0.146 e. The molecular formula is C11H14BrN3O. The third kappa shape index (κ3) is 1.62. The molecule has 0 radical (unpaired) electrons. The first-order chi connectivity index (χ1) is 7.75. The molecule has 2 unspecified atom stereocenters. The van der Waals surface area contributed by atoms with Gasteiger partial charge >= 0.3 is 0 Å². The van der Waals surface area contributed by atoms with Crippen LogP contribution in [0, 0.1) is 0 Å². The van der Waals surface area contributed by atoms with Gasteiger partial charge in [0.2, 0.25) is 0 Å². The molecule has 86 valence electrons. The van der Waals surface area contributed by atoms with Crippen molar-refractivity contribution in [2.45, 2.75) is 43.9 Å². The lowest BCUT2D eigenvalue weighted by atomic mass is 10.00. The van der Waals surface area contributed by atoms with Crippen LogP contribution in [-0.2, 0) is 0 Å². The second-order valence-electron chi connectivity index (χ2n) is 4.61. The molecule has 1 aromatic heterocycles. The minimum atomic E-state index is -0.130. The van der Waals surface area contributed by atoms with E-state index in [1.165, 1.54) is 0 Å². The Bertz CT molecular complexity index is 387. The third-order valence-electron chi connectivity index (χ3n) is 3.60. The van der Waals surface area contributed by atoms with Crippen LogP contribution in [0.2, 0.25) is 0 Å². The third-order valence-corrected chi connectivity index (χ3v) is 4.16. The van der Waals surface area contributed by atoms with Gasteiger partial charge in [0.05, 0.1) is 10.6 Å². The second kappa shape index (κ2) is 3.96. The molecule has 0 aromatic carbocycles. The SMILES string of the molecule is OC1CC2CCC(C1)N2c1ncncc1Br. The topological polar surface area (TPSA) is 49.2 Å². The van der Waals surface area contributed by atoms with E-state index in [2.05, 4.69) is 30.8 Å². The first kappa shape index (κ1) is 10.5. The number of fused-ring (bicyclic) bond motifs is 2. The van der Waals surface area contributed by atoms with E-state index in [9.17, 15) is 5.11 Å². The van der Waals surface area contributed by atoms with Crippen molar-refractivity contribution in [3.8, 4) is 0 Å². The van der Waals surface area contributed by atoms with E-state index in [0.29, 0.717) is 12.1 Å². The van der Waals surface area contributed by atoms with Crippen molar-refractivity contribution in [2.75, 3.05) is 4.90 Å². The number of hydrogen-bond donors (Lipinski definition) is 1. The Balaban J connectivity index is 1.94. The van der Waals surface area contributed by atoms with Gasteiger partial charge in [0, 0.05) is 18.3 Å². The fourth-order valence-electron chi connectivity index (χ4n) is 2.99. The largest absolute Gasteiger partial charge is 0.393 e. The van der Waals surface area contributed by atoms with Gasteiger partial charge in [0.1, 0.15) is 12.1 Å². The molecule has 3 rings (SSSR count). The molecule has 5 heteroatoms. The molecule has 2 bridgehead atoms. The Kier molecular flexibility index (Phi) is 2.59. The zero-order valence-corrected chi connectivity index (χ0v) is 10.5. The highest BCUT2D eigenvalue weighted by Crippen LogP contribution is 2.40. The summed E-state index contributed by atoms with van der Waals surface area (Å²) in [6, 6.07) is 0.889. The van der Waals surface area contributed by atoms with Crippen LogP contribution in [0.5, 0.6) is 0 Å². The van der Waals surface area contributed by atoms with Gasteiger partial charge in [-0.2, -0.15) is 0 Å². The van der Waals surface area contributed by atoms with Gasteiger partial charge in [-0.15, -0.1) is 0 Å². The maximum Gasteiger partial charge on any atom is 0.146 e. The molecule has 0 spiro atoms. The average molecular weight is 284 g/mol. The van der Waals surface area contributed by atoms with Gasteiger partial charge < -0.3 is 10.0 Å². The number of aliphatic hydroxyl groups excluding tert-OH is 1. The van der Waals surface area contributed by atoms with Gasteiger partial charge in [-0.05, 0) is 41.6 Å². The predicted molar refractivity (Wildman–Crippen MR) is 64.3 cm³/mol. The number of halogens is 1. The zero-order valence-electron chi connectivity index (χ0n) is 8.88. The van der Waals surface area contributed by atoms with Crippen LogP contribution in [0.25, 0.3) is 0 Å². The quantitative estimate of drug-likeness (QED) is 0.853. The average Bonchev–Trinajstić information content (AvgIpc) is 2.53. The monoisotopic (exact) mass is 283 g/mol. The Morgan fingerprint density at radius 2 is 2.00 bits per heavy atom. The fraction of sp³-hybridized carbons (Fsp3) is 0.636. The predicted octanol–water partition coefficient (Wildman–Crippen LogP) is 1.73. The number of piperidine rings is 1. The minimum Gasteiger partial charge on any atom is -0.393 e. The molecule has 3 heterocycles. The maximum atomic E-state index is 9.75. The lowest BCUT2D eigenvalue weighted by molar-refractivity contribution is 0.126. The van der Waals surface area contributed by atoms with Crippen LogP contribution in [-0.4, -0.2) is 33.3 Å². The van der Waals surface area contributed by atoms with Crippen molar-refractivity contribution in [1.82, 2.24) is 9.97 Å². The van der Waals surface area contributed by atoms with Crippen LogP contribution in [0.1, 0.15) is 25.7 Å². The van der Waals surface area contributed by atoms with Gasteiger partial charge in [0.25, 0.3) is 0 Å². The summed E-state index contributed by atoms with van der Waals surface area (Å²) in [5.74, 6) is 0.981. The van der Waals surface area contributed by atoms with E-state index in [-0.39, 0.29) is 6.10 Å². The summed E-state index contributed by atoms with van der Waals surface area (Å²) in [7, 11) is 0. The highest BCUT2D eigenvalue weighted by Gasteiger charge is 2.41. The summed E-state index contributed by atoms with van der Waals surface area (Å²) in [4.78, 5) is 10.7. The van der Waals surface area contributed by atoms with Gasteiger partial charge in [-0.3, -0.25) is 0 Å². The number of rotatable bonds is 1. The highest BCUT2D eigenvalue weighted by atomic mass is 79.9. The normalized spacial score (nSPS) is 33.1. The van der Waals surface area contributed by atoms with E-state index in [0.717, 1.165) is 36.0 Å². The summed E-state index contributed by atoms with van der Waals surface area (Å²) in [5, 5.41) is 9.75. The molecular weight excluding hydrogens is 270 g/mol. The molecule has 16 heavy (non-hydrogen) atoms. The first-order valence-electron chi connectivity index (χ1n) is 5.67. The van der Waals surface area contributed by atoms with Crippen LogP contribution >= 0.6 is 15.9 Å². The number of hydrogen-bond acceptors (Lipinski definition) is 4. The van der Waals surface area contributed by atoms with Crippen LogP contribution in [0.4, 0.5) is 5.82 Å². The zero-order chi connectivity index (χ0) is 11.1. The Hall–Kier alpha value is -0.680. The molecule has 2 fully saturated rings. The molecule has 0 aliphatic carbocycles. The van der Waals surface area contributed by atoms with Crippen LogP contribution in [0.3, 0.4) is 0 Å². The number of nitrogens with zero attached hydrogens (tertiary/aromatic N) is 3. The molecule has 4 nitrogen and oxygen atoms in total. The molecule has 2 saturated heterocycles. The van der Waals surface area contributed by atoms with Crippen molar-refractivity contribution in [1.29, 1.82) is 0 Å². The van der Waals surface area contributed by atoms with Crippen LogP contribution in [0.15, 0.2) is 17.0 Å². The van der Waals surface area contributed by atoms with Crippen molar-refractivity contribution in [3.63, 3.8) is 0 Å². The Morgan fingerprint density at radius 1 is 1.31 bits per heavy atom. The van der Waals surface area contributed by atoms with Gasteiger partial charge in [-0.25, -0.2) is 9.97 Å². The standard InChI is InChI=1S/C11H14BrN3O/c12-10-5-13-6-14-11(10)15-7-1-2-8(15)4-9(16)3-7/h5-9,16H,1-4H2. The lowest BCUT2D eigenvalue weighted by Crippen LogP contribution is -2.45. The number of aliphatic hydroxyl groups is 1. The van der Waals surface area contributed by atoms with E-state index < -0.39 is 0 Å². The van der Waals surface area contributed by atoms with E-state index in [1.54, 1.807) is 12.5 Å². The van der Waals surface area contributed by atoms with E-state index in [1.807, 2.05) is 0 Å². The second-order valence-corrected chi connectivity index (χ2v) is 5.47. The summed E-state index contributed by atoms with van der Waals surface area (Å²) in [6.07, 6.45) is 7.31. The highest BCUT2D eigenvalue weighted by molar-refractivity contribution is 9.10. The first-order valence-corrected chi connectivity index (χ1v) is 6.47. The molecule has 2 aliphatic rings. The summed E-state index contributed by atoms with van der Waals surface area (Å²) >= 11 is 3.50. The van der Waals surface area contributed by atoms with Gasteiger partial charge in [0.15, 0.2) is 0 Å². The van der Waals surface area contributed by atoms with Crippen molar-refractivity contribution in [2.24, 2.45) is 0 Å². The van der Waals surface area contributed by atoms with Crippen LogP contribution < -0.4 is 4.90 Å². The molecule has 2 atom stereocenters. The fourth-order valence-corrected chi connectivity index (χ4v) is 3.42. The molecule has 1 aromatic rings. The molecule has 2 aliphatic heterocycles. The Morgan fingerprint density at radius 3 is 2.62 bits per heavy atom. The molecule has 0 amide bonds. The van der Waals surface area contributed by atoms with Gasteiger partial charge in [-0.1, -0.05) is 0 Å².